The van der Waals surface area contributed by atoms with E-state index in [1.54, 1.807) is 25.4 Å². The summed E-state index contributed by atoms with van der Waals surface area (Å²) in [4.78, 5) is 36.7. The summed E-state index contributed by atoms with van der Waals surface area (Å²) in [6, 6.07) is 13.1. The number of fused-ring (bicyclic) bond motifs is 1. The van der Waals surface area contributed by atoms with Gasteiger partial charge in [0.15, 0.2) is 0 Å². The maximum Gasteiger partial charge on any atom is 0.274 e. The summed E-state index contributed by atoms with van der Waals surface area (Å²) >= 11 is 0. The highest BCUT2D eigenvalue weighted by Crippen LogP contribution is 2.21. The van der Waals surface area contributed by atoms with E-state index in [4.69, 9.17) is 0 Å². The van der Waals surface area contributed by atoms with E-state index < -0.39 is 0 Å². The number of anilines is 2. The van der Waals surface area contributed by atoms with Crippen LogP contribution < -0.4 is 10.2 Å². The predicted molar refractivity (Wildman–Crippen MR) is 108 cm³/mol. The molecule has 2 amide bonds. The van der Waals surface area contributed by atoms with Gasteiger partial charge in [-0.1, -0.05) is 18.2 Å². The fourth-order valence-electron chi connectivity index (χ4n) is 3.38. The third-order valence-corrected chi connectivity index (χ3v) is 4.95. The number of carbonyl (C=O) groups excluding carboxylic acids is 2. The second-order valence-corrected chi connectivity index (χ2v) is 6.73. The Balaban J connectivity index is 1.45. The quantitative estimate of drug-likeness (QED) is 0.761. The van der Waals surface area contributed by atoms with Crippen molar-refractivity contribution in [1.82, 2.24) is 14.9 Å². The molecular weight excluding hydrogens is 354 g/mol. The van der Waals surface area contributed by atoms with E-state index in [-0.39, 0.29) is 11.8 Å². The van der Waals surface area contributed by atoms with Gasteiger partial charge in [0.05, 0.1) is 23.1 Å². The minimum atomic E-state index is -0.272. The molecule has 1 aliphatic rings. The number of hydrogen-bond donors (Lipinski definition) is 1. The second-order valence-electron chi connectivity index (χ2n) is 6.73. The molecule has 28 heavy (non-hydrogen) atoms. The average Bonchev–Trinajstić information content (AvgIpc) is 2.74. The van der Waals surface area contributed by atoms with Gasteiger partial charge in [0.1, 0.15) is 5.69 Å². The summed E-state index contributed by atoms with van der Waals surface area (Å²) in [5, 5.41) is 3.86. The smallest absolute Gasteiger partial charge is 0.274 e. The van der Waals surface area contributed by atoms with Crippen LogP contribution in [0.5, 0.6) is 0 Å². The molecule has 1 N–H and O–H groups in total. The van der Waals surface area contributed by atoms with Gasteiger partial charge in [0, 0.05) is 44.7 Å². The van der Waals surface area contributed by atoms with Crippen molar-refractivity contribution >= 4 is 34.1 Å². The monoisotopic (exact) mass is 375 g/mol. The molecule has 3 aromatic rings. The van der Waals surface area contributed by atoms with Crippen LogP contribution in [0.25, 0.3) is 10.9 Å². The number of nitrogens with zero attached hydrogens (tertiary/aromatic N) is 4. The molecule has 0 radical (unpaired) electrons. The van der Waals surface area contributed by atoms with Gasteiger partial charge in [0.25, 0.3) is 5.91 Å². The van der Waals surface area contributed by atoms with Gasteiger partial charge < -0.3 is 15.1 Å². The minimum absolute atomic E-state index is 0.104. The molecule has 1 aromatic carbocycles. The number of hydrogen-bond acceptors (Lipinski definition) is 5. The normalized spacial score (nSPS) is 14.2. The van der Waals surface area contributed by atoms with E-state index in [1.807, 2.05) is 41.3 Å². The van der Waals surface area contributed by atoms with Crippen molar-refractivity contribution in [2.45, 2.75) is 6.92 Å². The molecule has 3 heterocycles. The topological polar surface area (TPSA) is 78.4 Å². The number of piperazine rings is 1. The number of benzene rings is 1. The lowest BCUT2D eigenvalue weighted by Crippen LogP contribution is -2.48. The summed E-state index contributed by atoms with van der Waals surface area (Å²) in [5.74, 6) is -0.168. The van der Waals surface area contributed by atoms with Crippen molar-refractivity contribution in [2.24, 2.45) is 0 Å². The first-order valence-corrected chi connectivity index (χ1v) is 9.23. The molecule has 2 aromatic heterocycles. The van der Waals surface area contributed by atoms with Crippen LogP contribution in [-0.2, 0) is 4.79 Å². The Kier molecular flexibility index (Phi) is 4.89. The van der Waals surface area contributed by atoms with Crippen molar-refractivity contribution in [3.63, 3.8) is 0 Å². The molecule has 1 aliphatic heterocycles. The lowest BCUT2D eigenvalue weighted by Gasteiger charge is -2.35. The van der Waals surface area contributed by atoms with Gasteiger partial charge in [0.2, 0.25) is 5.91 Å². The SMILES string of the molecule is CC(=O)N1CCN(c2ccc(C(=O)Nc3cccc4cccnc34)nc2)CC1. The van der Waals surface area contributed by atoms with Gasteiger partial charge in [-0.3, -0.25) is 14.6 Å². The maximum atomic E-state index is 12.6. The standard InChI is InChI=1S/C21H21N5O2/c1-15(27)25-10-12-26(13-11-25)17-7-8-19(23-14-17)21(28)24-18-6-2-4-16-5-3-9-22-20(16)18/h2-9,14H,10-13H2,1H3,(H,24,28). The number of amides is 2. The molecule has 142 valence electrons. The Morgan fingerprint density at radius 1 is 0.964 bits per heavy atom. The Morgan fingerprint density at radius 3 is 2.46 bits per heavy atom. The highest BCUT2D eigenvalue weighted by atomic mass is 16.2. The van der Waals surface area contributed by atoms with Crippen LogP contribution in [0.2, 0.25) is 0 Å². The first-order chi connectivity index (χ1) is 13.6. The lowest BCUT2D eigenvalue weighted by molar-refractivity contribution is -0.129. The first kappa shape index (κ1) is 17.9. The van der Waals surface area contributed by atoms with Crippen LogP contribution in [0.1, 0.15) is 17.4 Å². The van der Waals surface area contributed by atoms with Crippen LogP contribution in [-0.4, -0.2) is 52.9 Å². The Bertz CT molecular complexity index is 1010. The largest absolute Gasteiger partial charge is 0.367 e. The van der Waals surface area contributed by atoms with Crippen LogP contribution >= 0.6 is 0 Å². The van der Waals surface area contributed by atoms with Gasteiger partial charge >= 0.3 is 0 Å². The molecular formula is C21H21N5O2. The molecule has 0 spiro atoms. The van der Waals surface area contributed by atoms with E-state index in [2.05, 4.69) is 20.2 Å². The van der Waals surface area contributed by atoms with Crippen LogP contribution in [0, 0.1) is 0 Å². The number of carbonyl (C=O) groups is 2. The number of para-hydroxylation sites is 1. The van der Waals surface area contributed by atoms with Crippen LogP contribution in [0.15, 0.2) is 54.9 Å². The summed E-state index contributed by atoms with van der Waals surface area (Å²) in [7, 11) is 0. The molecule has 1 saturated heterocycles. The van der Waals surface area contributed by atoms with Gasteiger partial charge in [-0.15, -0.1) is 0 Å². The van der Waals surface area contributed by atoms with E-state index >= 15 is 0 Å². The Labute approximate surface area is 163 Å². The third-order valence-electron chi connectivity index (χ3n) is 4.95. The Hall–Kier alpha value is -3.48. The third kappa shape index (κ3) is 3.64. The van der Waals surface area contributed by atoms with Crippen molar-refractivity contribution in [3.8, 4) is 0 Å². The average molecular weight is 375 g/mol. The molecule has 7 heteroatoms. The van der Waals surface area contributed by atoms with E-state index in [1.165, 1.54) is 0 Å². The van der Waals surface area contributed by atoms with E-state index in [0.717, 1.165) is 29.7 Å². The van der Waals surface area contributed by atoms with Gasteiger partial charge in [-0.05, 0) is 24.3 Å². The van der Waals surface area contributed by atoms with Crippen molar-refractivity contribution in [3.05, 3.63) is 60.6 Å². The first-order valence-electron chi connectivity index (χ1n) is 9.23. The van der Waals surface area contributed by atoms with Crippen LogP contribution in [0.3, 0.4) is 0 Å². The van der Waals surface area contributed by atoms with E-state index in [9.17, 15) is 9.59 Å². The molecule has 1 fully saturated rings. The van der Waals surface area contributed by atoms with Crippen LogP contribution in [0.4, 0.5) is 11.4 Å². The van der Waals surface area contributed by atoms with Crippen molar-refractivity contribution in [1.29, 1.82) is 0 Å². The molecule has 7 nitrogen and oxygen atoms in total. The molecule has 0 saturated carbocycles. The van der Waals surface area contributed by atoms with Crippen molar-refractivity contribution in [2.75, 3.05) is 36.4 Å². The summed E-state index contributed by atoms with van der Waals surface area (Å²) in [5.41, 5.74) is 2.71. The highest BCUT2D eigenvalue weighted by molar-refractivity contribution is 6.07. The van der Waals surface area contributed by atoms with Crippen molar-refractivity contribution < 1.29 is 9.59 Å². The molecule has 0 bridgehead atoms. The number of aromatic nitrogens is 2. The summed E-state index contributed by atoms with van der Waals surface area (Å²) in [6.07, 6.45) is 3.41. The Morgan fingerprint density at radius 2 is 1.75 bits per heavy atom. The molecule has 0 aliphatic carbocycles. The number of rotatable bonds is 3. The number of nitrogens with one attached hydrogen (secondary N) is 1. The van der Waals surface area contributed by atoms with E-state index in [0.29, 0.717) is 24.5 Å². The predicted octanol–water partition coefficient (Wildman–Crippen LogP) is 2.55. The zero-order chi connectivity index (χ0) is 19.5. The molecule has 0 unspecified atom stereocenters. The van der Waals surface area contributed by atoms with Gasteiger partial charge in [-0.25, -0.2) is 4.98 Å². The highest BCUT2D eigenvalue weighted by Gasteiger charge is 2.19. The summed E-state index contributed by atoms with van der Waals surface area (Å²) < 4.78 is 0. The lowest BCUT2D eigenvalue weighted by atomic mass is 10.2. The zero-order valence-electron chi connectivity index (χ0n) is 15.6. The second kappa shape index (κ2) is 7.64. The molecule has 0 atom stereocenters. The fraction of sp³-hybridized carbons (Fsp3) is 0.238. The minimum Gasteiger partial charge on any atom is -0.367 e. The summed E-state index contributed by atoms with van der Waals surface area (Å²) in [6.45, 7) is 4.51. The number of pyridine rings is 2. The fourth-order valence-corrected chi connectivity index (χ4v) is 3.38. The van der Waals surface area contributed by atoms with Gasteiger partial charge in [-0.2, -0.15) is 0 Å². The molecule has 4 rings (SSSR count). The zero-order valence-corrected chi connectivity index (χ0v) is 15.6. The maximum absolute atomic E-state index is 12.6.